The molecule has 0 fully saturated rings. The molecule has 9 heteroatoms. The third-order valence-corrected chi connectivity index (χ3v) is 3.25. The van der Waals surface area contributed by atoms with Crippen molar-refractivity contribution in [2.24, 2.45) is 0 Å². The van der Waals surface area contributed by atoms with Gasteiger partial charge in [-0.25, -0.2) is 0 Å². The maximum absolute atomic E-state index is 11.0. The molecule has 0 bridgehead atoms. The summed E-state index contributed by atoms with van der Waals surface area (Å²) in [4.78, 5) is 22.1. The molecule has 9 nitrogen and oxygen atoms in total. The summed E-state index contributed by atoms with van der Waals surface area (Å²) in [7, 11) is 12.0. The van der Waals surface area contributed by atoms with Gasteiger partial charge in [0.05, 0.1) is 68.3 Å². The largest absolute Gasteiger partial charge is 0.481 e. The van der Waals surface area contributed by atoms with Crippen LogP contribution in [-0.2, 0) is 19.1 Å². The predicted octanol–water partition coefficient (Wildman–Crippen LogP) is -0.377. The summed E-state index contributed by atoms with van der Waals surface area (Å²) < 4.78 is 12.6. The number of carbonyl (C=O) groups is 2. The summed E-state index contributed by atoms with van der Waals surface area (Å²) in [6.45, 7) is 2.10. The van der Waals surface area contributed by atoms with E-state index in [2.05, 4.69) is 5.32 Å². The first-order valence-electron chi connectivity index (χ1n) is 8.32. The average molecular weight is 365 g/mol. The fourth-order valence-electron chi connectivity index (χ4n) is 1.79. The van der Waals surface area contributed by atoms with Crippen molar-refractivity contribution in [1.82, 2.24) is 5.32 Å². The summed E-state index contributed by atoms with van der Waals surface area (Å²) in [5.74, 6) is -2.05. The summed E-state index contributed by atoms with van der Waals surface area (Å²) in [5, 5.41) is 20.9. The molecule has 0 saturated heterocycles. The maximum Gasteiger partial charge on any atom is 0.307 e. The van der Waals surface area contributed by atoms with Crippen LogP contribution in [0.15, 0.2) is 0 Å². The van der Waals surface area contributed by atoms with E-state index in [1.54, 1.807) is 0 Å². The van der Waals surface area contributed by atoms with Crippen LogP contribution in [0.5, 0.6) is 0 Å². The van der Waals surface area contributed by atoms with Gasteiger partial charge in [-0.05, 0) is 0 Å². The van der Waals surface area contributed by atoms with E-state index in [1.807, 2.05) is 42.3 Å². The number of carboxylic acids is 2. The Morgan fingerprint density at radius 1 is 0.800 bits per heavy atom. The molecule has 2 unspecified atom stereocenters. The van der Waals surface area contributed by atoms with Crippen molar-refractivity contribution in [1.29, 1.82) is 0 Å². The van der Waals surface area contributed by atoms with Crippen LogP contribution < -0.4 is 5.32 Å². The first kappa shape index (κ1) is 23.7. The summed E-state index contributed by atoms with van der Waals surface area (Å²) >= 11 is 0. The molecule has 0 spiro atoms. The van der Waals surface area contributed by atoms with Crippen LogP contribution in [0.1, 0.15) is 12.8 Å². The molecule has 3 N–H and O–H groups in total. The number of hydrogen-bond donors (Lipinski definition) is 3. The van der Waals surface area contributed by atoms with Crippen LogP contribution in [0, 0.1) is 0 Å². The number of aliphatic carboxylic acids is 2. The van der Waals surface area contributed by atoms with Crippen LogP contribution in [0.4, 0.5) is 0 Å². The van der Waals surface area contributed by atoms with E-state index in [1.165, 1.54) is 0 Å². The first-order chi connectivity index (χ1) is 11.3. The van der Waals surface area contributed by atoms with Gasteiger partial charge in [-0.15, -0.1) is 0 Å². The zero-order valence-corrected chi connectivity index (χ0v) is 16.3. The molecule has 25 heavy (non-hydrogen) atoms. The zero-order chi connectivity index (χ0) is 19.7. The van der Waals surface area contributed by atoms with Gasteiger partial charge in [-0.1, -0.05) is 0 Å². The van der Waals surface area contributed by atoms with Crippen LogP contribution in [0.25, 0.3) is 0 Å². The lowest BCUT2D eigenvalue weighted by molar-refractivity contribution is -0.871. The van der Waals surface area contributed by atoms with Crippen LogP contribution in [0.2, 0.25) is 0 Å². The van der Waals surface area contributed by atoms with Crippen LogP contribution in [0.3, 0.4) is 0 Å². The fourth-order valence-corrected chi connectivity index (χ4v) is 1.79. The van der Waals surface area contributed by atoms with E-state index in [4.69, 9.17) is 19.7 Å². The lowest BCUT2D eigenvalue weighted by atomic mass is 10.3. The Morgan fingerprint density at radius 2 is 1.12 bits per heavy atom. The van der Waals surface area contributed by atoms with Gasteiger partial charge in [0.25, 0.3) is 0 Å². The number of quaternary nitrogens is 2. The van der Waals surface area contributed by atoms with E-state index in [9.17, 15) is 9.59 Å². The van der Waals surface area contributed by atoms with Crippen molar-refractivity contribution in [2.45, 2.75) is 25.3 Å². The molecular formula is C16H35N3O6+2. The van der Waals surface area contributed by atoms with Crippen molar-refractivity contribution in [3.8, 4) is 0 Å². The average Bonchev–Trinajstić information content (AvgIpc) is 2.33. The Labute approximate surface area is 150 Å². The number of ether oxygens (including phenoxy) is 2. The quantitative estimate of drug-likeness (QED) is 0.285. The Bertz CT molecular complexity index is 379. The minimum Gasteiger partial charge on any atom is -0.481 e. The molecule has 0 heterocycles. The number of likely N-dealkylation sites (N-methyl/N-ethyl adjacent to an activating group) is 2. The second kappa shape index (κ2) is 10.7. The minimum atomic E-state index is -1.02. The van der Waals surface area contributed by atoms with Gasteiger partial charge in [-0.3, -0.25) is 14.9 Å². The molecule has 0 aliphatic carbocycles. The number of nitrogens with one attached hydrogen (secondary N) is 1. The van der Waals surface area contributed by atoms with Gasteiger partial charge in [0.15, 0.2) is 0 Å². The molecule has 0 saturated carbocycles. The number of rotatable bonds is 14. The minimum absolute atomic E-state index is 0.272. The van der Waals surface area contributed by atoms with E-state index >= 15 is 0 Å². The van der Waals surface area contributed by atoms with E-state index in [0.717, 1.165) is 0 Å². The van der Waals surface area contributed by atoms with Gasteiger partial charge in [0.2, 0.25) is 0 Å². The monoisotopic (exact) mass is 365 g/mol. The zero-order valence-electron chi connectivity index (χ0n) is 16.3. The van der Waals surface area contributed by atoms with Gasteiger partial charge >= 0.3 is 11.9 Å². The molecule has 2 atom stereocenters. The Kier molecular flexibility index (Phi) is 10.1. The van der Waals surface area contributed by atoms with Crippen molar-refractivity contribution in [2.75, 3.05) is 68.6 Å². The van der Waals surface area contributed by atoms with Crippen LogP contribution in [-0.4, -0.2) is 112 Å². The molecule has 0 radical (unpaired) electrons. The highest BCUT2D eigenvalue weighted by atomic mass is 16.5. The number of nitrogens with zero attached hydrogens (tertiary/aromatic N) is 2. The third kappa shape index (κ3) is 16.0. The summed E-state index contributed by atoms with van der Waals surface area (Å²) in [6, 6.07) is 0. The van der Waals surface area contributed by atoms with Crippen molar-refractivity contribution in [3.05, 3.63) is 0 Å². The van der Waals surface area contributed by atoms with Crippen LogP contribution >= 0.6 is 0 Å². The first-order valence-corrected chi connectivity index (χ1v) is 8.32. The van der Waals surface area contributed by atoms with Gasteiger partial charge in [0.1, 0.15) is 25.5 Å². The lowest BCUT2D eigenvalue weighted by Gasteiger charge is -2.28. The highest BCUT2D eigenvalue weighted by Gasteiger charge is 2.23. The normalized spacial score (nSPS) is 15.0. The smallest absolute Gasteiger partial charge is 0.307 e. The molecule has 0 aromatic heterocycles. The van der Waals surface area contributed by atoms with Crippen molar-refractivity contribution >= 4 is 11.9 Å². The molecule has 148 valence electrons. The van der Waals surface area contributed by atoms with E-state index < -0.39 is 24.4 Å². The van der Waals surface area contributed by atoms with Gasteiger partial charge in [0, 0.05) is 0 Å². The Hall–Kier alpha value is -1.26. The van der Waals surface area contributed by atoms with Gasteiger partial charge in [-0.2, -0.15) is 0 Å². The third-order valence-electron chi connectivity index (χ3n) is 3.25. The molecule has 0 aliphatic heterocycles. The molecule has 0 amide bonds. The molecule has 0 rings (SSSR count). The van der Waals surface area contributed by atoms with Crippen molar-refractivity contribution in [3.63, 3.8) is 0 Å². The topological polar surface area (TPSA) is 105 Å². The van der Waals surface area contributed by atoms with E-state index in [0.29, 0.717) is 35.3 Å². The molecule has 0 aromatic rings. The van der Waals surface area contributed by atoms with E-state index in [-0.39, 0.29) is 12.8 Å². The predicted molar refractivity (Wildman–Crippen MR) is 92.9 cm³/mol. The Morgan fingerprint density at radius 3 is 1.36 bits per heavy atom. The number of hydrogen-bond acceptors (Lipinski definition) is 5. The standard InChI is InChI=1S/C16H33N3O6/c1-18(2,3)7-9-24-13(11-15(20)21)17-14(12-16(22)23)25-10-8-19(4,5)6/h13-14,17H,7-12H2,1-6H3/p+2. The van der Waals surface area contributed by atoms with Crippen molar-refractivity contribution < 1.29 is 38.2 Å². The lowest BCUT2D eigenvalue weighted by Crippen LogP contribution is -2.47. The summed E-state index contributed by atoms with van der Waals surface area (Å²) in [6.07, 6.45) is -2.16. The molecule has 0 aliphatic rings. The number of carboxylic acid groups (broad SMARTS) is 2. The molecular weight excluding hydrogens is 330 g/mol. The second-order valence-electron chi connectivity index (χ2n) is 8.11. The highest BCUT2D eigenvalue weighted by molar-refractivity contribution is 5.68. The van der Waals surface area contributed by atoms with Gasteiger partial charge < -0.3 is 28.7 Å². The Balaban J connectivity index is 4.69. The molecule has 0 aromatic carbocycles. The summed E-state index contributed by atoms with van der Waals surface area (Å²) in [5.41, 5.74) is 0. The second-order valence-corrected chi connectivity index (χ2v) is 8.11. The maximum atomic E-state index is 11.0. The highest BCUT2D eigenvalue weighted by Crippen LogP contribution is 2.04. The SMILES string of the molecule is C[N+](C)(C)CCOC(CC(=O)O)NC(CC(=O)O)OCC[N+](C)(C)C. The fraction of sp³-hybridized carbons (Fsp3) is 0.875.